The highest BCUT2D eigenvalue weighted by molar-refractivity contribution is 6.21. The first-order chi connectivity index (χ1) is 18.4. The van der Waals surface area contributed by atoms with Crippen LogP contribution in [0.1, 0.15) is 33.6 Å². The summed E-state index contributed by atoms with van der Waals surface area (Å²) < 4.78 is 16.8. The Balaban J connectivity index is 1.19. The molecule has 0 spiro atoms. The maximum absolute atomic E-state index is 12.9. The molecule has 11 heteroatoms. The lowest BCUT2D eigenvalue weighted by molar-refractivity contribution is -0.384. The number of imide groups is 1. The van der Waals surface area contributed by atoms with Crippen molar-refractivity contribution in [3.05, 3.63) is 88.0 Å². The van der Waals surface area contributed by atoms with Gasteiger partial charge in [-0.05, 0) is 55.3 Å². The monoisotopic (exact) mass is 517 g/mol. The van der Waals surface area contributed by atoms with Gasteiger partial charge in [-0.25, -0.2) is 0 Å². The van der Waals surface area contributed by atoms with Crippen LogP contribution in [0.5, 0.6) is 17.2 Å². The number of rotatable bonds is 9. The van der Waals surface area contributed by atoms with Crippen molar-refractivity contribution in [2.45, 2.75) is 18.9 Å². The summed E-state index contributed by atoms with van der Waals surface area (Å²) in [4.78, 5) is 49.4. The quantitative estimate of drug-likeness (QED) is 0.254. The molecule has 0 saturated carbocycles. The molecule has 1 saturated heterocycles. The minimum Gasteiger partial charge on any atom is -0.484 e. The molecule has 3 aromatic carbocycles. The predicted molar refractivity (Wildman–Crippen MR) is 135 cm³/mol. The maximum Gasteiger partial charge on any atom is 0.269 e. The highest BCUT2D eigenvalue weighted by Gasteiger charge is 2.37. The highest BCUT2D eigenvalue weighted by atomic mass is 16.6. The van der Waals surface area contributed by atoms with Gasteiger partial charge in [-0.3, -0.25) is 29.4 Å². The van der Waals surface area contributed by atoms with Gasteiger partial charge in [-0.15, -0.1) is 0 Å². The third-order valence-electron chi connectivity index (χ3n) is 6.12. The van der Waals surface area contributed by atoms with Crippen molar-refractivity contribution in [3.63, 3.8) is 0 Å². The van der Waals surface area contributed by atoms with Crippen LogP contribution in [0.25, 0.3) is 0 Å². The number of nitrogens with one attached hydrogen (secondary N) is 1. The number of amides is 3. The lowest BCUT2D eigenvalue weighted by Gasteiger charge is -2.17. The predicted octanol–water partition coefficient (Wildman–Crippen LogP) is 4.18. The number of fused-ring (bicyclic) bond motifs is 1. The number of benzene rings is 3. The Kier molecular flexibility index (Phi) is 7.00. The lowest BCUT2D eigenvalue weighted by atomic mass is 10.1. The Hall–Kier alpha value is -4.77. The molecular weight excluding hydrogens is 494 g/mol. The molecular formula is C27H23N3O8. The smallest absolute Gasteiger partial charge is 0.269 e. The van der Waals surface area contributed by atoms with Crippen LogP contribution in [0.3, 0.4) is 0 Å². The van der Waals surface area contributed by atoms with Gasteiger partial charge in [-0.2, -0.15) is 0 Å². The molecule has 0 aliphatic carbocycles. The summed E-state index contributed by atoms with van der Waals surface area (Å²) in [6.07, 6.45) is 1.60. The van der Waals surface area contributed by atoms with Crippen LogP contribution in [0.2, 0.25) is 0 Å². The van der Waals surface area contributed by atoms with Gasteiger partial charge in [0.2, 0.25) is 0 Å². The molecule has 11 nitrogen and oxygen atoms in total. The summed E-state index contributed by atoms with van der Waals surface area (Å²) in [5.74, 6) is -0.0520. The van der Waals surface area contributed by atoms with Gasteiger partial charge in [-0.1, -0.05) is 6.07 Å². The number of ether oxygens (including phenoxy) is 3. The molecule has 3 amide bonds. The minimum absolute atomic E-state index is 0.0750. The standard InChI is InChI=1S/C27H23N3O8/c31-25(16-37-19-8-6-18(7-9-19)30(34)35)28-17-3-1-4-20(13-17)38-21-10-11-23-24(14-21)27(33)29(26(23)32)15-22-5-2-12-36-22/h1,3-4,6-11,13-14,22H,2,5,12,15-16H2,(H,28,31). The van der Waals surface area contributed by atoms with Crippen molar-refractivity contribution in [1.29, 1.82) is 0 Å². The number of nitro benzene ring substituents is 1. The summed E-state index contributed by atoms with van der Waals surface area (Å²) in [5, 5.41) is 13.4. The zero-order valence-corrected chi connectivity index (χ0v) is 20.1. The number of hydrogen-bond donors (Lipinski definition) is 1. The maximum atomic E-state index is 12.9. The van der Waals surface area contributed by atoms with Gasteiger partial charge in [0, 0.05) is 30.5 Å². The van der Waals surface area contributed by atoms with E-state index in [0.29, 0.717) is 35.1 Å². The summed E-state index contributed by atoms with van der Waals surface area (Å²) in [6, 6.07) is 16.8. The Morgan fingerprint density at radius 3 is 2.47 bits per heavy atom. The average molecular weight is 517 g/mol. The fourth-order valence-electron chi connectivity index (χ4n) is 4.27. The number of carbonyl (C=O) groups excluding carboxylic acids is 3. The Labute approximate surface area is 217 Å². The second kappa shape index (κ2) is 10.7. The highest BCUT2D eigenvalue weighted by Crippen LogP contribution is 2.31. The molecule has 2 aliphatic heterocycles. The molecule has 194 valence electrons. The zero-order chi connectivity index (χ0) is 26.6. The number of nitro groups is 1. The average Bonchev–Trinajstić information content (AvgIpc) is 3.51. The van der Waals surface area contributed by atoms with E-state index in [0.717, 1.165) is 12.8 Å². The van der Waals surface area contributed by atoms with Crippen LogP contribution in [-0.4, -0.2) is 53.4 Å². The normalized spacial score (nSPS) is 16.3. The van der Waals surface area contributed by atoms with Crippen molar-refractivity contribution in [2.24, 2.45) is 0 Å². The molecule has 0 aromatic heterocycles. The van der Waals surface area contributed by atoms with Crippen LogP contribution in [-0.2, 0) is 9.53 Å². The van der Waals surface area contributed by atoms with E-state index >= 15 is 0 Å². The fraction of sp³-hybridized carbons (Fsp3) is 0.222. The van der Waals surface area contributed by atoms with Crippen molar-refractivity contribution in [2.75, 3.05) is 25.1 Å². The lowest BCUT2D eigenvalue weighted by Crippen LogP contribution is -2.36. The number of carbonyl (C=O) groups is 3. The zero-order valence-electron chi connectivity index (χ0n) is 20.1. The Morgan fingerprint density at radius 2 is 1.74 bits per heavy atom. The summed E-state index contributed by atoms with van der Waals surface area (Å²) >= 11 is 0. The third kappa shape index (κ3) is 5.47. The summed E-state index contributed by atoms with van der Waals surface area (Å²) in [7, 11) is 0. The van der Waals surface area contributed by atoms with E-state index in [9.17, 15) is 24.5 Å². The van der Waals surface area contributed by atoms with E-state index < -0.39 is 10.8 Å². The van der Waals surface area contributed by atoms with Gasteiger partial charge in [0.25, 0.3) is 23.4 Å². The molecule has 5 rings (SSSR count). The van der Waals surface area contributed by atoms with Crippen LogP contribution in [0.4, 0.5) is 11.4 Å². The van der Waals surface area contributed by atoms with Gasteiger partial charge >= 0.3 is 0 Å². The number of nitrogens with zero attached hydrogens (tertiary/aromatic N) is 2. The molecule has 1 atom stereocenters. The van der Waals surface area contributed by atoms with E-state index in [1.54, 1.807) is 36.4 Å². The SMILES string of the molecule is O=C(COc1ccc([N+](=O)[O-])cc1)Nc1cccc(Oc2ccc3c(c2)C(=O)N(CC2CCCO2)C3=O)c1. The first kappa shape index (κ1) is 24.9. The Bertz CT molecular complexity index is 1400. The second-order valence-electron chi connectivity index (χ2n) is 8.78. The van der Waals surface area contributed by atoms with Crippen LogP contribution < -0.4 is 14.8 Å². The largest absolute Gasteiger partial charge is 0.484 e. The first-order valence-corrected chi connectivity index (χ1v) is 11.9. The van der Waals surface area contributed by atoms with Gasteiger partial charge in [0.05, 0.1) is 28.7 Å². The fourth-order valence-corrected chi connectivity index (χ4v) is 4.27. The van der Waals surface area contributed by atoms with Gasteiger partial charge < -0.3 is 19.5 Å². The third-order valence-corrected chi connectivity index (χ3v) is 6.12. The van der Waals surface area contributed by atoms with E-state index in [4.69, 9.17) is 14.2 Å². The topological polar surface area (TPSA) is 137 Å². The molecule has 38 heavy (non-hydrogen) atoms. The van der Waals surface area contributed by atoms with E-state index in [1.165, 1.54) is 35.2 Å². The number of anilines is 1. The van der Waals surface area contributed by atoms with Crippen molar-refractivity contribution in [1.82, 2.24) is 4.90 Å². The molecule has 0 radical (unpaired) electrons. The molecule has 2 heterocycles. The van der Waals surface area contributed by atoms with Crippen LogP contribution >= 0.6 is 0 Å². The molecule has 1 unspecified atom stereocenters. The summed E-state index contributed by atoms with van der Waals surface area (Å²) in [5.41, 5.74) is 0.983. The van der Waals surface area contributed by atoms with Crippen molar-refractivity contribution < 1.29 is 33.5 Å². The van der Waals surface area contributed by atoms with Crippen molar-refractivity contribution in [3.8, 4) is 17.2 Å². The van der Waals surface area contributed by atoms with Crippen LogP contribution in [0, 0.1) is 10.1 Å². The first-order valence-electron chi connectivity index (χ1n) is 11.9. The minimum atomic E-state index is -0.521. The summed E-state index contributed by atoms with van der Waals surface area (Å²) in [6.45, 7) is 0.572. The van der Waals surface area contributed by atoms with E-state index in [-0.39, 0.29) is 42.3 Å². The van der Waals surface area contributed by atoms with E-state index in [2.05, 4.69) is 5.32 Å². The van der Waals surface area contributed by atoms with Gasteiger partial charge in [0.1, 0.15) is 17.2 Å². The molecule has 0 bridgehead atoms. The Morgan fingerprint density at radius 1 is 1.00 bits per heavy atom. The molecule has 2 aliphatic rings. The van der Waals surface area contributed by atoms with Gasteiger partial charge in [0.15, 0.2) is 6.61 Å². The number of non-ortho nitro benzene ring substituents is 1. The second-order valence-corrected chi connectivity index (χ2v) is 8.78. The number of hydrogen-bond acceptors (Lipinski definition) is 8. The van der Waals surface area contributed by atoms with E-state index in [1.807, 2.05) is 0 Å². The van der Waals surface area contributed by atoms with Crippen LogP contribution in [0.15, 0.2) is 66.7 Å². The molecule has 1 fully saturated rings. The molecule has 3 aromatic rings. The van der Waals surface area contributed by atoms with Crippen molar-refractivity contribution >= 4 is 29.1 Å². The molecule has 1 N–H and O–H groups in total.